The molecule has 1 heterocycles. The molecule has 2 rings (SSSR count). The van der Waals surface area contributed by atoms with E-state index in [0.29, 0.717) is 29.4 Å². The number of nitrogens with one attached hydrogen (secondary N) is 1. The quantitative estimate of drug-likeness (QED) is 0.875. The number of amides is 1. The van der Waals surface area contributed by atoms with E-state index in [9.17, 15) is 4.79 Å². The van der Waals surface area contributed by atoms with Crippen LogP contribution in [-0.2, 0) is 6.54 Å². The lowest BCUT2D eigenvalue weighted by molar-refractivity contribution is 0.102. The number of carbonyl (C=O) groups excluding carboxylic acids is 1. The molecule has 7 nitrogen and oxygen atoms in total. The number of aromatic nitrogens is 2. The SMILES string of the molecule is CCn1cc(N)c(C(=O)Nc2cc(OC)ccc2OC)n1. The zero-order valence-electron chi connectivity index (χ0n) is 12.2. The van der Waals surface area contributed by atoms with Crippen LogP contribution in [-0.4, -0.2) is 29.9 Å². The third kappa shape index (κ3) is 3.07. The van der Waals surface area contributed by atoms with Gasteiger partial charge in [0.05, 0.1) is 25.6 Å². The maximum Gasteiger partial charge on any atom is 0.278 e. The molecule has 21 heavy (non-hydrogen) atoms. The van der Waals surface area contributed by atoms with Crippen LogP contribution in [0.2, 0.25) is 0 Å². The Labute approximate surface area is 122 Å². The largest absolute Gasteiger partial charge is 0.497 e. The smallest absolute Gasteiger partial charge is 0.278 e. The molecule has 3 N–H and O–H groups in total. The standard InChI is InChI=1S/C14H18N4O3/c1-4-18-8-10(15)13(17-18)14(19)16-11-7-9(20-2)5-6-12(11)21-3/h5-8H,4,15H2,1-3H3,(H,16,19). The van der Waals surface area contributed by atoms with E-state index in [2.05, 4.69) is 10.4 Å². The monoisotopic (exact) mass is 290 g/mol. The van der Waals surface area contributed by atoms with E-state index in [1.807, 2.05) is 6.92 Å². The van der Waals surface area contributed by atoms with Gasteiger partial charge in [0.15, 0.2) is 5.69 Å². The first kappa shape index (κ1) is 14.7. The highest BCUT2D eigenvalue weighted by Gasteiger charge is 2.17. The van der Waals surface area contributed by atoms with Gasteiger partial charge in [0.25, 0.3) is 5.91 Å². The first-order chi connectivity index (χ1) is 10.1. The maximum atomic E-state index is 12.3. The lowest BCUT2D eigenvalue weighted by Gasteiger charge is -2.11. The van der Waals surface area contributed by atoms with Crippen LogP contribution >= 0.6 is 0 Å². The Morgan fingerprint density at radius 3 is 2.71 bits per heavy atom. The van der Waals surface area contributed by atoms with Crippen LogP contribution in [0.15, 0.2) is 24.4 Å². The average molecular weight is 290 g/mol. The summed E-state index contributed by atoms with van der Waals surface area (Å²) in [5, 5.41) is 6.86. The van der Waals surface area contributed by atoms with Crippen molar-refractivity contribution in [2.45, 2.75) is 13.5 Å². The van der Waals surface area contributed by atoms with Crippen LogP contribution in [0.5, 0.6) is 11.5 Å². The molecule has 0 radical (unpaired) electrons. The lowest BCUT2D eigenvalue weighted by Crippen LogP contribution is -2.15. The topological polar surface area (TPSA) is 91.4 Å². The molecule has 112 valence electrons. The number of nitrogen functional groups attached to an aromatic ring is 1. The molecule has 0 aliphatic rings. The van der Waals surface area contributed by atoms with E-state index in [-0.39, 0.29) is 5.69 Å². The van der Waals surface area contributed by atoms with E-state index < -0.39 is 5.91 Å². The Morgan fingerprint density at radius 2 is 2.14 bits per heavy atom. The Hall–Kier alpha value is -2.70. The fourth-order valence-corrected chi connectivity index (χ4v) is 1.87. The highest BCUT2D eigenvalue weighted by Crippen LogP contribution is 2.29. The molecule has 0 saturated carbocycles. The number of anilines is 2. The van der Waals surface area contributed by atoms with Crippen molar-refractivity contribution in [1.29, 1.82) is 0 Å². The fraction of sp³-hybridized carbons (Fsp3) is 0.286. The van der Waals surface area contributed by atoms with Crippen molar-refractivity contribution in [1.82, 2.24) is 9.78 Å². The molecule has 1 aromatic heterocycles. The van der Waals surface area contributed by atoms with Gasteiger partial charge < -0.3 is 20.5 Å². The van der Waals surface area contributed by atoms with E-state index in [4.69, 9.17) is 15.2 Å². The molecule has 1 amide bonds. The van der Waals surface area contributed by atoms with Gasteiger partial charge in [-0.25, -0.2) is 0 Å². The molecule has 1 aromatic carbocycles. The number of rotatable bonds is 5. The fourth-order valence-electron chi connectivity index (χ4n) is 1.87. The first-order valence-corrected chi connectivity index (χ1v) is 6.45. The zero-order valence-corrected chi connectivity index (χ0v) is 12.2. The number of methoxy groups -OCH3 is 2. The molecule has 0 bridgehead atoms. The van der Waals surface area contributed by atoms with Crippen LogP contribution < -0.4 is 20.5 Å². The molecular weight excluding hydrogens is 272 g/mol. The van der Waals surface area contributed by atoms with Crippen molar-refractivity contribution >= 4 is 17.3 Å². The molecule has 2 aromatic rings. The average Bonchev–Trinajstić information content (AvgIpc) is 2.88. The van der Waals surface area contributed by atoms with Gasteiger partial charge >= 0.3 is 0 Å². The second-order valence-electron chi connectivity index (χ2n) is 4.31. The summed E-state index contributed by atoms with van der Waals surface area (Å²) in [6, 6.07) is 5.13. The van der Waals surface area contributed by atoms with Crippen LogP contribution in [0.25, 0.3) is 0 Å². The van der Waals surface area contributed by atoms with Gasteiger partial charge in [0, 0.05) is 18.8 Å². The maximum absolute atomic E-state index is 12.3. The van der Waals surface area contributed by atoms with E-state index in [1.54, 1.807) is 36.2 Å². The zero-order chi connectivity index (χ0) is 15.4. The van der Waals surface area contributed by atoms with Gasteiger partial charge in [-0.3, -0.25) is 9.48 Å². The molecular formula is C14H18N4O3. The van der Waals surface area contributed by atoms with E-state index in [0.717, 1.165) is 0 Å². The third-order valence-electron chi connectivity index (χ3n) is 2.98. The normalized spacial score (nSPS) is 10.2. The Kier molecular flexibility index (Phi) is 4.32. The number of hydrogen-bond donors (Lipinski definition) is 2. The summed E-state index contributed by atoms with van der Waals surface area (Å²) in [5.74, 6) is 0.738. The Morgan fingerprint density at radius 1 is 1.38 bits per heavy atom. The molecule has 7 heteroatoms. The molecule has 0 unspecified atom stereocenters. The van der Waals surface area contributed by atoms with Gasteiger partial charge in [-0.05, 0) is 19.1 Å². The van der Waals surface area contributed by atoms with Crippen molar-refractivity contribution in [3.05, 3.63) is 30.1 Å². The molecule has 0 aliphatic heterocycles. The van der Waals surface area contributed by atoms with Crippen molar-refractivity contribution in [3.63, 3.8) is 0 Å². The van der Waals surface area contributed by atoms with Crippen molar-refractivity contribution < 1.29 is 14.3 Å². The van der Waals surface area contributed by atoms with Crippen LogP contribution in [0, 0.1) is 0 Å². The summed E-state index contributed by atoms with van der Waals surface area (Å²) in [7, 11) is 3.08. The Balaban J connectivity index is 2.28. The highest BCUT2D eigenvalue weighted by molar-refractivity contribution is 6.06. The molecule has 0 aliphatic carbocycles. The molecule has 0 fully saturated rings. The summed E-state index contributed by atoms with van der Waals surface area (Å²) < 4.78 is 12.0. The lowest BCUT2D eigenvalue weighted by atomic mass is 10.2. The molecule has 0 atom stereocenters. The van der Waals surface area contributed by atoms with E-state index >= 15 is 0 Å². The predicted molar refractivity (Wildman–Crippen MR) is 79.8 cm³/mol. The van der Waals surface area contributed by atoms with Gasteiger partial charge in [-0.15, -0.1) is 0 Å². The van der Waals surface area contributed by atoms with E-state index in [1.165, 1.54) is 7.11 Å². The number of ether oxygens (including phenoxy) is 2. The minimum absolute atomic E-state index is 0.182. The van der Waals surface area contributed by atoms with Gasteiger partial charge in [-0.1, -0.05) is 0 Å². The van der Waals surface area contributed by atoms with Crippen LogP contribution in [0.3, 0.4) is 0 Å². The van der Waals surface area contributed by atoms with Crippen molar-refractivity contribution in [3.8, 4) is 11.5 Å². The van der Waals surface area contributed by atoms with Crippen LogP contribution in [0.1, 0.15) is 17.4 Å². The summed E-state index contributed by atoms with van der Waals surface area (Å²) in [6.07, 6.45) is 1.62. The second kappa shape index (κ2) is 6.17. The number of nitrogens with two attached hydrogens (primary N) is 1. The number of aryl methyl sites for hydroxylation is 1. The minimum Gasteiger partial charge on any atom is -0.497 e. The van der Waals surface area contributed by atoms with Crippen molar-refractivity contribution in [2.75, 3.05) is 25.3 Å². The highest BCUT2D eigenvalue weighted by atomic mass is 16.5. The molecule has 0 spiro atoms. The predicted octanol–water partition coefficient (Wildman–Crippen LogP) is 1.75. The third-order valence-corrected chi connectivity index (χ3v) is 2.98. The summed E-state index contributed by atoms with van der Waals surface area (Å²) in [6.45, 7) is 2.55. The number of carbonyl (C=O) groups is 1. The van der Waals surface area contributed by atoms with Gasteiger partial charge in [-0.2, -0.15) is 5.10 Å². The van der Waals surface area contributed by atoms with Gasteiger partial charge in [0.1, 0.15) is 11.5 Å². The summed E-state index contributed by atoms with van der Waals surface area (Å²) in [5.41, 5.74) is 6.80. The number of benzene rings is 1. The van der Waals surface area contributed by atoms with Crippen LogP contribution in [0.4, 0.5) is 11.4 Å². The molecule has 0 saturated heterocycles. The van der Waals surface area contributed by atoms with Gasteiger partial charge in [0.2, 0.25) is 0 Å². The Bertz CT molecular complexity index is 652. The summed E-state index contributed by atoms with van der Waals surface area (Å²) >= 11 is 0. The minimum atomic E-state index is -0.397. The number of nitrogens with zero attached hydrogens (tertiary/aromatic N) is 2. The van der Waals surface area contributed by atoms with Crippen molar-refractivity contribution in [2.24, 2.45) is 0 Å². The number of hydrogen-bond acceptors (Lipinski definition) is 5. The first-order valence-electron chi connectivity index (χ1n) is 6.45. The second-order valence-corrected chi connectivity index (χ2v) is 4.31. The summed E-state index contributed by atoms with van der Waals surface area (Å²) in [4.78, 5) is 12.3.